The zero-order chi connectivity index (χ0) is 17.9. The summed E-state index contributed by atoms with van der Waals surface area (Å²) in [7, 11) is 1.67. The van der Waals surface area contributed by atoms with Gasteiger partial charge in [-0.05, 0) is 42.2 Å². The number of carbonyl (C=O) groups is 1. The minimum Gasteiger partial charge on any atom is -0.497 e. The van der Waals surface area contributed by atoms with Gasteiger partial charge in [-0.1, -0.05) is 30.3 Å². The third-order valence-electron chi connectivity index (χ3n) is 5.27. The molecular weight excluding hydrogens is 328 g/mol. The molecule has 2 atom stereocenters. The van der Waals surface area contributed by atoms with E-state index in [2.05, 4.69) is 22.3 Å². The predicted molar refractivity (Wildman–Crippen MR) is 100 cm³/mol. The molecule has 0 bridgehead atoms. The molecule has 0 aliphatic carbocycles. The van der Waals surface area contributed by atoms with E-state index in [0.717, 1.165) is 36.4 Å². The van der Waals surface area contributed by atoms with Gasteiger partial charge in [-0.2, -0.15) is 0 Å². The van der Waals surface area contributed by atoms with Crippen molar-refractivity contribution in [3.63, 3.8) is 0 Å². The number of nitrogens with zero attached hydrogens (tertiary/aromatic N) is 1. The van der Waals surface area contributed by atoms with E-state index in [1.54, 1.807) is 7.11 Å². The average molecular weight is 352 g/mol. The van der Waals surface area contributed by atoms with Gasteiger partial charge in [0.05, 0.1) is 25.9 Å². The summed E-state index contributed by atoms with van der Waals surface area (Å²) in [5.74, 6) is 0.909. The summed E-state index contributed by atoms with van der Waals surface area (Å²) < 4.78 is 11.3. The number of hydrogen-bond donors (Lipinski definition) is 1. The zero-order valence-corrected chi connectivity index (χ0v) is 15.0. The molecule has 5 nitrogen and oxygen atoms in total. The highest BCUT2D eigenvalue weighted by molar-refractivity contribution is 5.96. The van der Waals surface area contributed by atoms with Crippen LogP contribution < -0.4 is 10.1 Å². The third-order valence-corrected chi connectivity index (χ3v) is 5.27. The molecule has 2 aromatic rings. The van der Waals surface area contributed by atoms with Crippen molar-refractivity contribution in [2.75, 3.05) is 32.1 Å². The summed E-state index contributed by atoms with van der Waals surface area (Å²) in [6.45, 7) is 2.11. The van der Waals surface area contributed by atoms with E-state index >= 15 is 0 Å². The molecule has 26 heavy (non-hydrogen) atoms. The van der Waals surface area contributed by atoms with Gasteiger partial charge in [-0.3, -0.25) is 9.69 Å². The Morgan fingerprint density at radius 3 is 2.96 bits per heavy atom. The van der Waals surface area contributed by atoms with Crippen LogP contribution in [0.15, 0.2) is 48.5 Å². The lowest BCUT2D eigenvalue weighted by Gasteiger charge is -2.37. The van der Waals surface area contributed by atoms with Crippen LogP contribution in [0.4, 0.5) is 5.69 Å². The number of para-hydroxylation sites is 1. The number of methoxy groups -OCH3 is 1. The van der Waals surface area contributed by atoms with Crippen LogP contribution in [-0.2, 0) is 16.0 Å². The van der Waals surface area contributed by atoms with Crippen LogP contribution in [0.5, 0.6) is 5.75 Å². The smallest absolute Gasteiger partial charge is 0.241 e. The Labute approximate surface area is 153 Å². The van der Waals surface area contributed by atoms with E-state index in [9.17, 15) is 4.79 Å². The topological polar surface area (TPSA) is 50.8 Å². The molecule has 136 valence electrons. The number of amides is 1. The Morgan fingerprint density at radius 1 is 1.19 bits per heavy atom. The summed E-state index contributed by atoms with van der Waals surface area (Å²) in [5, 5.41) is 3.10. The molecule has 0 spiro atoms. The lowest BCUT2D eigenvalue weighted by atomic mass is 10.0. The van der Waals surface area contributed by atoms with Gasteiger partial charge in [-0.25, -0.2) is 0 Å². The Hall–Kier alpha value is -2.37. The number of morpholine rings is 1. The summed E-state index contributed by atoms with van der Waals surface area (Å²) in [4.78, 5) is 15.1. The summed E-state index contributed by atoms with van der Waals surface area (Å²) in [6.07, 6.45) is 1.69. The Bertz CT molecular complexity index is 792. The van der Waals surface area contributed by atoms with Gasteiger partial charge in [0.15, 0.2) is 0 Å². The number of nitrogens with one attached hydrogen (secondary N) is 1. The number of aryl methyl sites for hydroxylation is 1. The molecule has 1 saturated heterocycles. The number of ether oxygens (including phenoxy) is 2. The van der Waals surface area contributed by atoms with Crippen LogP contribution in [0, 0.1) is 0 Å². The number of anilines is 1. The molecule has 0 radical (unpaired) electrons. The first-order valence-corrected chi connectivity index (χ1v) is 9.13. The number of hydrogen-bond acceptors (Lipinski definition) is 4. The molecule has 2 heterocycles. The van der Waals surface area contributed by atoms with Crippen LogP contribution >= 0.6 is 0 Å². The van der Waals surface area contributed by atoms with E-state index in [-0.39, 0.29) is 18.1 Å². The van der Waals surface area contributed by atoms with Crippen LogP contribution in [-0.4, -0.2) is 43.7 Å². The zero-order valence-electron chi connectivity index (χ0n) is 15.0. The monoisotopic (exact) mass is 352 g/mol. The fourth-order valence-corrected chi connectivity index (χ4v) is 3.84. The second-order valence-corrected chi connectivity index (χ2v) is 6.83. The second-order valence-electron chi connectivity index (χ2n) is 6.83. The first-order chi connectivity index (χ1) is 12.7. The second kappa shape index (κ2) is 7.48. The fraction of sp³-hybridized carbons (Fsp3) is 0.381. The molecule has 1 N–H and O–H groups in total. The van der Waals surface area contributed by atoms with Gasteiger partial charge < -0.3 is 14.8 Å². The molecule has 1 amide bonds. The molecule has 4 rings (SSSR count). The summed E-state index contributed by atoms with van der Waals surface area (Å²) >= 11 is 0. The van der Waals surface area contributed by atoms with Crippen LogP contribution in [0.2, 0.25) is 0 Å². The first-order valence-electron chi connectivity index (χ1n) is 9.13. The van der Waals surface area contributed by atoms with Crippen molar-refractivity contribution in [1.29, 1.82) is 0 Å². The number of benzene rings is 2. The molecule has 2 unspecified atom stereocenters. The number of carbonyl (C=O) groups excluding carboxylic acids is 1. The Balaban J connectivity index is 1.50. The lowest BCUT2D eigenvalue weighted by molar-refractivity contribution is -0.125. The van der Waals surface area contributed by atoms with Crippen molar-refractivity contribution >= 4 is 11.6 Å². The highest BCUT2D eigenvalue weighted by Crippen LogP contribution is 2.29. The van der Waals surface area contributed by atoms with Crippen LogP contribution in [0.1, 0.15) is 23.7 Å². The largest absolute Gasteiger partial charge is 0.497 e. The quantitative estimate of drug-likeness (QED) is 0.923. The van der Waals surface area contributed by atoms with Crippen LogP contribution in [0.25, 0.3) is 0 Å². The molecule has 0 saturated carbocycles. The van der Waals surface area contributed by atoms with E-state index < -0.39 is 0 Å². The van der Waals surface area contributed by atoms with Gasteiger partial charge in [0, 0.05) is 18.8 Å². The maximum Gasteiger partial charge on any atom is 0.241 e. The molecule has 2 aliphatic rings. The first kappa shape index (κ1) is 17.1. The average Bonchev–Trinajstić information content (AvgIpc) is 2.86. The van der Waals surface area contributed by atoms with Crippen molar-refractivity contribution in [1.82, 2.24) is 4.90 Å². The SMILES string of the molecule is COc1cccc(C2CN(C3CCc4ccccc4NC3=O)CCO2)c1. The minimum absolute atomic E-state index is 0.0442. The summed E-state index contributed by atoms with van der Waals surface area (Å²) in [5.41, 5.74) is 3.24. The maximum absolute atomic E-state index is 12.8. The van der Waals surface area contributed by atoms with E-state index in [0.29, 0.717) is 13.2 Å². The normalized spacial score (nSPS) is 23.7. The van der Waals surface area contributed by atoms with Gasteiger partial charge in [0.2, 0.25) is 5.91 Å². The molecule has 2 aliphatic heterocycles. The number of fused-ring (bicyclic) bond motifs is 1. The van der Waals surface area contributed by atoms with E-state index in [1.807, 2.05) is 36.4 Å². The molecule has 2 aromatic carbocycles. The van der Waals surface area contributed by atoms with Gasteiger partial charge in [0.25, 0.3) is 0 Å². The number of rotatable bonds is 3. The van der Waals surface area contributed by atoms with Gasteiger partial charge in [-0.15, -0.1) is 0 Å². The maximum atomic E-state index is 12.8. The van der Waals surface area contributed by atoms with E-state index in [1.165, 1.54) is 5.56 Å². The van der Waals surface area contributed by atoms with Crippen molar-refractivity contribution in [2.45, 2.75) is 25.0 Å². The third kappa shape index (κ3) is 3.45. The molecular formula is C21H24N2O3. The van der Waals surface area contributed by atoms with Crippen LogP contribution in [0.3, 0.4) is 0 Å². The van der Waals surface area contributed by atoms with Crippen molar-refractivity contribution in [3.05, 3.63) is 59.7 Å². The van der Waals surface area contributed by atoms with Crippen molar-refractivity contribution < 1.29 is 14.3 Å². The fourth-order valence-electron chi connectivity index (χ4n) is 3.84. The minimum atomic E-state index is -0.126. The highest BCUT2D eigenvalue weighted by atomic mass is 16.5. The molecule has 1 fully saturated rings. The Morgan fingerprint density at radius 2 is 2.08 bits per heavy atom. The lowest BCUT2D eigenvalue weighted by Crippen LogP contribution is -2.49. The Kier molecular flexibility index (Phi) is 4.91. The van der Waals surface area contributed by atoms with Gasteiger partial charge >= 0.3 is 0 Å². The standard InChI is InChI=1S/C21H24N2O3/c1-25-17-7-4-6-16(13-17)20-14-23(11-12-26-20)19-10-9-15-5-2-3-8-18(15)22-21(19)24/h2-8,13,19-20H,9-12,14H2,1H3,(H,22,24). The molecule has 0 aromatic heterocycles. The van der Waals surface area contributed by atoms with Crippen molar-refractivity contribution in [2.24, 2.45) is 0 Å². The highest BCUT2D eigenvalue weighted by Gasteiger charge is 2.33. The van der Waals surface area contributed by atoms with E-state index in [4.69, 9.17) is 9.47 Å². The predicted octanol–water partition coefficient (Wildman–Crippen LogP) is 3.02. The van der Waals surface area contributed by atoms with Crippen molar-refractivity contribution in [3.8, 4) is 5.75 Å². The molecule has 5 heteroatoms. The summed E-state index contributed by atoms with van der Waals surface area (Å²) in [6, 6.07) is 15.9. The van der Waals surface area contributed by atoms with Gasteiger partial charge in [0.1, 0.15) is 5.75 Å².